The molecule has 0 spiro atoms. The topological polar surface area (TPSA) is 27.1 Å². The molecule has 1 aromatic heterocycles. The van der Waals surface area contributed by atoms with Crippen LogP contribution in [-0.2, 0) is 6.54 Å². The molecule has 0 aliphatic heterocycles. The summed E-state index contributed by atoms with van der Waals surface area (Å²) in [4.78, 5) is 4.60. The first-order valence-electron chi connectivity index (χ1n) is 7.86. The van der Waals surface area contributed by atoms with Crippen molar-refractivity contribution in [2.45, 2.75) is 33.2 Å². The fourth-order valence-corrected chi connectivity index (χ4v) is 2.75. The van der Waals surface area contributed by atoms with Crippen LogP contribution in [0.2, 0.25) is 0 Å². The average Bonchev–Trinajstić information content (AvgIpc) is 2.84. The molecule has 1 heterocycles. The minimum absolute atomic E-state index is 0.760. The molecule has 0 unspecified atom stereocenters. The molecule has 0 saturated carbocycles. The minimum atomic E-state index is 0.760. The van der Waals surface area contributed by atoms with Crippen molar-refractivity contribution in [3.63, 3.8) is 0 Å². The molecule has 3 heteroatoms. The van der Waals surface area contributed by atoms with Crippen LogP contribution in [0.1, 0.15) is 24.2 Å². The van der Waals surface area contributed by atoms with Gasteiger partial charge < -0.3 is 9.30 Å². The number of fused-ring (bicyclic) bond motifs is 1. The van der Waals surface area contributed by atoms with Crippen molar-refractivity contribution in [2.24, 2.45) is 0 Å². The predicted molar refractivity (Wildman–Crippen MR) is 90.4 cm³/mol. The van der Waals surface area contributed by atoms with Crippen molar-refractivity contribution in [1.29, 1.82) is 0 Å². The highest BCUT2D eigenvalue weighted by Gasteiger charge is 2.06. The minimum Gasteiger partial charge on any atom is -0.493 e. The Balaban J connectivity index is 1.53. The zero-order chi connectivity index (χ0) is 15.4. The van der Waals surface area contributed by atoms with Crippen LogP contribution in [-0.4, -0.2) is 16.2 Å². The maximum absolute atomic E-state index is 5.85. The van der Waals surface area contributed by atoms with E-state index in [0.29, 0.717) is 0 Å². The Hall–Kier alpha value is -2.29. The van der Waals surface area contributed by atoms with Gasteiger partial charge in [0.1, 0.15) is 11.6 Å². The fraction of sp³-hybridized carbons (Fsp3) is 0.316. The molecule has 0 radical (unpaired) electrons. The summed E-state index contributed by atoms with van der Waals surface area (Å²) in [5, 5.41) is 0. The number of aromatic nitrogens is 2. The van der Waals surface area contributed by atoms with Crippen LogP contribution in [0.3, 0.4) is 0 Å². The van der Waals surface area contributed by atoms with E-state index >= 15 is 0 Å². The lowest BCUT2D eigenvalue weighted by atomic mass is 10.2. The normalized spacial score (nSPS) is 11.0. The lowest BCUT2D eigenvalue weighted by molar-refractivity contribution is 0.301. The third kappa shape index (κ3) is 3.14. The Morgan fingerprint density at radius 1 is 0.955 bits per heavy atom. The molecule has 0 bridgehead atoms. The summed E-state index contributed by atoms with van der Waals surface area (Å²) in [6.45, 7) is 5.90. The van der Waals surface area contributed by atoms with E-state index < -0.39 is 0 Å². The van der Waals surface area contributed by atoms with E-state index in [1.807, 2.05) is 24.3 Å². The first kappa shape index (κ1) is 14.6. The average molecular weight is 294 g/mol. The van der Waals surface area contributed by atoms with Crippen molar-refractivity contribution in [3.8, 4) is 5.75 Å². The van der Waals surface area contributed by atoms with Crippen LogP contribution < -0.4 is 4.74 Å². The summed E-state index contributed by atoms with van der Waals surface area (Å²) in [6.07, 6.45) is 2.13. The maximum atomic E-state index is 5.85. The maximum Gasteiger partial charge on any atom is 0.122 e. The zero-order valence-electron chi connectivity index (χ0n) is 13.2. The molecule has 0 amide bonds. The third-order valence-electron chi connectivity index (χ3n) is 3.97. The van der Waals surface area contributed by atoms with Crippen LogP contribution >= 0.6 is 0 Å². The first-order chi connectivity index (χ1) is 10.8. The van der Waals surface area contributed by atoms with Gasteiger partial charge in [0.2, 0.25) is 0 Å². The van der Waals surface area contributed by atoms with E-state index in [1.54, 1.807) is 0 Å². The van der Waals surface area contributed by atoms with E-state index in [0.717, 1.165) is 43.1 Å². The van der Waals surface area contributed by atoms with Crippen molar-refractivity contribution < 1.29 is 4.74 Å². The highest BCUT2D eigenvalue weighted by Crippen LogP contribution is 2.18. The van der Waals surface area contributed by atoms with Gasteiger partial charge in [-0.1, -0.05) is 30.3 Å². The van der Waals surface area contributed by atoms with Gasteiger partial charge in [-0.3, -0.25) is 0 Å². The molecule has 3 aromatic rings. The van der Waals surface area contributed by atoms with Gasteiger partial charge in [-0.25, -0.2) is 4.98 Å². The monoisotopic (exact) mass is 294 g/mol. The van der Waals surface area contributed by atoms with Crippen LogP contribution in [0.15, 0.2) is 48.5 Å². The number of aryl methyl sites for hydroxylation is 3. The number of nitrogens with zero attached hydrogens (tertiary/aromatic N) is 2. The summed E-state index contributed by atoms with van der Waals surface area (Å²) in [6, 6.07) is 16.5. The second kappa shape index (κ2) is 6.65. The first-order valence-corrected chi connectivity index (χ1v) is 7.86. The molecule has 3 nitrogen and oxygen atoms in total. The quantitative estimate of drug-likeness (QED) is 0.625. The molecule has 2 aromatic carbocycles. The lowest BCUT2D eigenvalue weighted by Gasteiger charge is -2.10. The van der Waals surface area contributed by atoms with Crippen molar-refractivity contribution in [2.75, 3.05) is 6.61 Å². The largest absolute Gasteiger partial charge is 0.493 e. The summed E-state index contributed by atoms with van der Waals surface area (Å²) in [7, 11) is 0. The standard InChI is InChI=1S/C19H22N2O/c1-15-9-3-6-12-19(15)22-14-8-7-13-21-16(2)20-17-10-4-5-11-18(17)21/h3-6,9-12H,7-8,13-14H2,1-2H3. The number of benzene rings is 2. The lowest BCUT2D eigenvalue weighted by Crippen LogP contribution is -2.04. The Bertz CT molecular complexity index is 761. The summed E-state index contributed by atoms with van der Waals surface area (Å²) in [5.41, 5.74) is 3.50. The van der Waals surface area contributed by atoms with Gasteiger partial charge in [0.15, 0.2) is 0 Å². The fourth-order valence-electron chi connectivity index (χ4n) is 2.75. The van der Waals surface area contributed by atoms with E-state index in [-0.39, 0.29) is 0 Å². The Morgan fingerprint density at radius 2 is 1.73 bits per heavy atom. The summed E-state index contributed by atoms with van der Waals surface area (Å²) in [5.74, 6) is 2.08. The predicted octanol–water partition coefficient (Wildman–Crippen LogP) is 4.51. The summed E-state index contributed by atoms with van der Waals surface area (Å²) < 4.78 is 8.14. The van der Waals surface area contributed by atoms with Crippen LogP contribution in [0.4, 0.5) is 0 Å². The van der Waals surface area contributed by atoms with Crippen molar-refractivity contribution in [3.05, 3.63) is 59.9 Å². The van der Waals surface area contributed by atoms with Crippen LogP contribution in [0, 0.1) is 13.8 Å². The smallest absolute Gasteiger partial charge is 0.122 e. The number of imidazole rings is 1. The molecule has 3 rings (SSSR count). The van der Waals surface area contributed by atoms with Gasteiger partial charge >= 0.3 is 0 Å². The van der Waals surface area contributed by atoms with E-state index in [2.05, 4.69) is 47.7 Å². The van der Waals surface area contributed by atoms with Crippen LogP contribution in [0.5, 0.6) is 5.75 Å². The van der Waals surface area contributed by atoms with E-state index in [1.165, 1.54) is 11.1 Å². The molecule has 0 N–H and O–H groups in total. The van der Waals surface area contributed by atoms with Crippen molar-refractivity contribution >= 4 is 11.0 Å². The molecule has 0 aliphatic carbocycles. The molecule has 114 valence electrons. The Kier molecular flexibility index (Phi) is 4.42. The number of hydrogen-bond donors (Lipinski definition) is 0. The molecule has 0 saturated heterocycles. The molecule has 0 aliphatic rings. The number of hydrogen-bond acceptors (Lipinski definition) is 2. The molecule has 0 fully saturated rings. The number of ether oxygens (including phenoxy) is 1. The van der Waals surface area contributed by atoms with Gasteiger partial charge in [0.05, 0.1) is 17.6 Å². The van der Waals surface area contributed by atoms with Gasteiger partial charge in [-0.2, -0.15) is 0 Å². The third-order valence-corrected chi connectivity index (χ3v) is 3.97. The van der Waals surface area contributed by atoms with Gasteiger partial charge in [0.25, 0.3) is 0 Å². The number of rotatable bonds is 6. The summed E-state index contributed by atoms with van der Waals surface area (Å²) >= 11 is 0. The van der Waals surface area contributed by atoms with Crippen molar-refractivity contribution in [1.82, 2.24) is 9.55 Å². The van der Waals surface area contributed by atoms with Gasteiger partial charge in [-0.15, -0.1) is 0 Å². The van der Waals surface area contributed by atoms with E-state index in [4.69, 9.17) is 4.74 Å². The molecule has 22 heavy (non-hydrogen) atoms. The SMILES string of the molecule is Cc1ccccc1OCCCCn1c(C)nc2ccccc21. The van der Waals surface area contributed by atoms with Crippen LogP contribution in [0.25, 0.3) is 11.0 Å². The Morgan fingerprint density at radius 3 is 2.59 bits per heavy atom. The highest BCUT2D eigenvalue weighted by atomic mass is 16.5. The zero-order valence-corrected chi connectivity index (χ0v) is 13.2. The second-order valence-corrected chi connectivity index (χ2v) is 5.62. The van der Waals surface area contributed by atoms with Gasteiger partial charge in [0, 0.05) is 6.54 Å². The molecular formula is C19H22N2O. The number of para-hydroxylation sites is 3. The second-order valence-electron chi connectivity index (χ2n) is 5.62. The molecule has 0 atom stereocenters. The van der Waals surface area contributed by atoms with E-state index in [9.17, 15) is 0 Å². The van der Waals surface area contributed by atoms with Gasteiger partial charge in [-0.05, 0) is 50.5 Å². The Labute approximate surface area is 131 Å². The number of unbranched alkanes of at least 4 members (excludes halogenated alkanes) is 1. The molecular weight excluding hydrogens is 272 g/mol. The highest BCUT2D eigenvalue weighted by molar-refractivity contribution is 5.75.